The number of nitrogens with zero attached hydrogens (tertiary/aromatic N) is 3. The highest BCUT2D eigenvalue weighted by Gasteiger charge is 2.43. The SMILES string of the molecule is CC(C)c1nnsc1C(=O)N1CCC(C)(C(=O)O)C1. The molecule has 1 fully saturated rings. The molecule has 0 saturated carbocycles. The van der Waals surface area contributed by atoms with Crippen molar-refractivity contribution in [1.82, 2.24) is 14.5 Å². The standard InChI is InChI=1S/C12H17N3O3S/c1-7(2)8-9(19-14-13-8)10(16)15-5-4-12(3,6-15)11(17)18/h7H,4-6H2,1-3H3,(H,17,18). The van der Waals surface area contributed by atoms with E-state index in [0.29, 0.717) is 23.5 Å². The fourth-order valence-corrected chi connectivity index (χ4v) is 2.96. The topological polar surface area (TPSA) is 83.4 Å². The van der Waals surface area contributed by atoms with Gasteiger partial charge in [-0.05, 0) is 30.8 Å². The molecule has 1 aromatic rings. The van der Waals surface area contributed by atoms with Gasteiger partial charge in [-0.3, -0.25) is 9.59 Å². The Balaban J connectivity index is 2.18. The monoisotopic (exact) mass is 283 g/mol. The number of aromatic nitrogens is 2. The molecule has 0 radical (unpaired) electrons. The normalized spacial score (nSPS) is 23.1. The number of aliphatic carboxylic acids is 1. The molecule has 1 atom stereocenters. The fraction of sp³-hybridized carbons (Fsp3) is 0.667. The minimum Gasteiger partial charge on any atom is -0.481 e. The van der Waals surface area contributed by atoms with Crippen molar-refractivity contribution >= 4 is 23.4 Å². The Morgan fingerprint density at radius 1 is 1.47 bits per heavy atom. The minimum atomic E-state index is -0.852. The Labute approximate surface area is 115 Å². The summed E-state index contributed by atoms with van der Waals surface area (Å²) in [6, 6.07) is 0. The van der Waals surface area contributed by atoms with Crippen LogP contribution in [0.5, 0.6) is 0 Å². The molecule has 1 saturated heterocycles. The summed E-state index contributed by atoms with van der Waals surface area (Å²) >= 11 is 1.08. The Hall–Kier alpha value is -1.50. The number of rotatable bonds is 3. The molecule has 2 heterocycles. The summed E-state index contributed by atoms with van der Waals surface area (Å²) in [6.45, 7) is 6.31. The predicted molar refractivity (Wildman–Crippen MR) is 70.3 cm³/mol. The van der Waals surface area contributed by atoms with Gasteiger partial charge in [-0.2, -0.15) is 0 Å². The van der Waals surface area contributed by atoms with Crippen LogP contribution in [0.25, 0.3) is 0 Å². The van der Waals surface area contributed by atoms with Crippen molar-refractivity contribution in [3.05, 3.63) is 10.6 Å². The average molecular weight is 283 g/mol. The third-order valence-corrected chi connectivity index (χ3v) is 4.26. The second kappa shape index (κ2) is 4.88. The first-order chi connectivity index (χ1) is 8.85. The van der Waals surface area contributed by atoms with Crippen LogP contribution in [0.15, 0.2) is 0 Å². The van der Waals surface area contributed by atoms with Gasteiger partial charge in [0.15, 0.2) is 0 Å². The third kappa shape index (κ3) is 2.47. The first-order valence-electron chi connectivity index (χ1n) is 6.20. The third-order valence-electron chi connectivity index (χ3n) is 3.53. The van der Waals surface area contributed by atoms with E-state index in [1.54, 1.807) is 11.8 Å². The Kier molecular flexibility index (Phi) is 3.58. The molecule has 7 heteroatoms. The van der Waals surface area contributed by atoms with Crippen molar-refractivity contribution in [2.75, 3.05) is 13.1 Å². The van der Waals surface area contributed by atoms with Crippen molar-refractivity contribution in [3.63, 3.8) is 0 Å². The van der Waals surface area contributed by atoms with E-state index in [1.165, 1.54) is 0 Å². The van der Waals surface area contributed by atoms with Crippen LogP contribution in [-0.4, -0.2) is 44.6 Å². The molecule has 0 spiro atoms. The fourth-order valence-electron chi connectivity index (χ4n) is 2.18. The number of hydrogen-bond donors (Lipinski definition) is 1. The summed E-state index contributed by atoms with van der Waals surface area (Å²) in [5.41, 5.74) is -0.148. The molecule has 6 nitrogen and oxygen atoms in total. The van der Waals surface area contributed by atoms with Gasteiger partial charge in [0.25, 0.3) is 5.91 Å². The quantitative estimate of drug-likeness (QED) is 0.911. The maximum absolute atomic E-state index is 12.4. The van der Waals surface area contributed by atoms with Crippen LogP contribution in [0.3, 0.4) is 0 Å². The van der Waals surface area contributed by atoms with Gasteiger partial charge in [0.1, 0.15) is 4.88 Å². The summed E-state index contributed by atoms with van der Waals surface area (Å²) in [6.07, 6.45) is 0.483. The first-order valence-corrected chi connectivity index (χ1v) is 6.97. The highest BCUT2D eigenvalue weighted by molar-refractivity contribution is 7.08. The molecule has 1 aromatic heterocycles. The van der Waals surface area contributed by atoms with Crippen LogP contribution in [0.2, 0.25) is 0 Å². The Morgan fingerprint density at radius 3 is 2.68 bits per heavy atom. The number of hydrogen-bond acceptors (Lipinski definition) is 5. The second-order valence-corrected chi connectivity index (χ2v) is 6.24. The van der Waals surface area contributed by atoms with Crippen LogP contribution in [0.4, 0.5) is 0 Å². The number of likely N-dealkylation sites (tertiary alicyclic amines) is 1. The molecule has 19 heavy (non-hydrogen) atoms. The van der Waals surface area contributed by atoms with Crippen molar-refractivity contribution in [2.24, 2.45) is 5.41 Å². The Morgan fingerprint density at radius 2 is 2.16 bits per heavy atom. The summed E-state index contributed by atoms with van der Waals surface area (Å²) in [5.74, 6) is -0.871. The predicted octanol–water partition coefficient (Wildman–Crippen LogP) is 1.60. The molecular weight excluding hydrogens is 266 g/mol. The smallest absolute Gasteiger partial charge is 0.311 e. The van der Waals surface area contributed by atoms with E-state index in [1.807, 2.05) is 13.8 Å². The zero-order valence-corrected chi connectivity index (χ0v) is 12.0. The lowest BCUT2D eigenvalue weighted by Crippen LogP contribution is -2.34. The van der Waals surface area contributed by atoms with E-state index < -0.39 is 11.4 Å². The molecule has 2 rings (SSSR count). The van der Waals surface area contributed by atoms with E-state index >= 15 is 0 Å². The molecule has 1 aliphatic rings. The van der Waals surface area contributed by atoms with Gasteiger partial charge in [0, 0.05) is 13.1 Å². The lowest BCUT2D eigenvalue weighted by Gasteiger charge is -2.20. The lowest BCUT2D eigenvalue weighted by molar-refractivity contribution is -0.147. The van der Waals surface area contributed by atoms with Gasteiger partial charge < -0.3 is 10.0 Å². The number of carbonyl (C=O) groups is 2. The van der Waals surface area contributed by atoms with E-state index in [-0.39, 0.29) is 18.4 Å². The number of carboxylic acids is 1. The van der Waals surface area contributed by atoms with Gasteiger partial charge in [0.05, 0.1) is 11.1 Å². The lowest BCUT2D eigenvalue weighted by atomic mass is 9.90. The molecule has 104 valence electrons. The molecule has 1 aliphatic heterocycles. The van der Waals surface area contributed by atoms with Crippen molar-refractivity contribution in [1.29, 1.82) is 0 Å². The van der Waals surface area contributed by atoms with Gasteiger partial charge >= 0.3 is 5.97 Å². The number of amides is 1. The van der Waals surface area contributed by atoms with E-state index in [2.05, 4.69) is 9.59 Å². The van der Waals surface area contributed by atoms with Gasteiger partial charge in [-0.25, -0.2) is 0 Å². The summed E-state index contributed by atoms with van der Waals surface area (Å²) in [4.78, 5) is 25.7. The molecule has 0 aliphatic carbocycles. The van der Waals surface area contributed by atoms with Crippen LogP contribution in [0.1, 0.15) is 48.5 Å². The summed E-state index contributed by atoms with van der Waals surface area (Å²) < 4.78 is 3.84. The zero-order chi connectivity index (χ0) is 14.2. The van der Waals surface area contributed by atoms with Gasteiger partial charge in [-0.15, -0.1) is 5.10 Å². The maximum atomic E-state index is 12.4. The van der Waals surface area contributed by atoms with Crippen molar-refractivity contribution < 1.29 is 14.7 Å². The second-order valence-electron chi connectivity index (χ2n) is 5.48. The molecule has 1 amide bonds. The van der Waals surface area contributed by atoms with Crippen LogP contribution in [0, 0.1) is 5.41 Å². The van der Waals surface area contributed by atoms with Crippen molar-refractivity contribution in [3.8, 4) is 0 Å². The highest BCUT2D eigenvalue weighted by Crippen LogP contribution is 2.32. The molecular formula is C12H17N3O3S. The van der Waals surface area contributed by atoms with Gasteiger partial charge in [0.2, 0.25) is 0 Å². The molecule has 1 N–H and O–H groups in total. The molecule has 0 aromatic carbocycles. The zero-order valence-electron chi connectivity index (χ0n) is 11.2. The molecule has 1 unspecified atom stereocenters. The van der Waals surface area contributed by atoms with Crippen LogP contribution >= 0.6 is 11.5 Å². The van der Waals surface area contributed by atoms with E-state index in [4.69, 9.17) is 0 Å². The van der Waals surface area contributed by atoms with E-state index in [9.17, 15) is 14.7 Å². The van der Waals surface area contributed by atoms with Crippen LogP contribution < -0.4 is 0 Å². The minimum absolute atomic E-state index is 0.131. The van der Waals surface area contributed by atoms with E-state index in [0.717, 1.165) is 11.5 Å². The highest BCUT2D eigenvalue weighted by atomic mass is 32.1. The average Bonchev–Trinajstić information content (AvgIpc) is 2.95. The molecule has 0 bridgehead atoms. The van der Waals surface area contributed by atoms with Crippen LogP contribution in [-0.2, 0) is 4.79 Å². The number of carboxylic acid groups (broad SMARTS) is 1. The first kappa shape index (κ1) is 13.9. The maximum Gasteiger partial charge on any atom is 0.311 e. The van der Waals surface area contributed by atoms with Crippen molar-refractivity contribution in [2.45, 2.75) is 33.1 Å². The largest absolute Gasteiger partial charge is 0.481 e. The van der Waals surface area contributed by atoms with Gasteiger partial charge in [-0.1, -0.05) is 18.3 Å². The summed E-state index contributed by atoms with van der Waals surface area (Å²) in [5, 5.41) is 13.2. The Bertz CT molecular complexity index is 514. The summed E-state index contributed by atoms with van der Waals surface area (Å²) in [7, 11) is 0. The number of carbonyl (C=O) groups excluding carboxylic acids is 1.